The minimum atomic E-state index is 0.0899. The first-order valence-corrected chi connectivity index (χ1v) is 11.2. The van der Waals surface area contributed by atoms with Crippen molar-refractivity contribution in [2.75, 3.05) is 26.7 Å². The fourth-order valence-corrected chi connectivity index (χ4v) is 4.21. The Balaban J connectivity index is 1.47. The monoisotopic (exact) mass is 432 g/mol. The fourth-order valence-electron chi connectivity index (χ4n) is 4.21. The number of nitrogens with zero attached hydrogens (tertiary/aromatic N) is 4. The summed E-state index contributed by atoms with van der Waals surface area (Å²) >= 11 is 0. The molecule has 0 spiro atoms. The lowest BCUT2D eigenvalue weighted by Gasteiger charge is -2.39. The van der Waals surface area contributed by atoms with Crippen LogP contribution in [0.15, 0.2) is 60.9 Å². The normalized spacial score (nSPS) is 17.0. The summed E-state index contributed by atoms with van der Waals surface area (Å²) in [5.74, 6) is 1.93. The van der Waals surface area contributed by atoms with Crippen molar-refractivity contribution in [3.8, 4) is 5.75 Å². The van der Waals surface area contributed by atoms with Crippen LogP contribution in [0.5, 0.6) is 5.75 Å². The van der Waals surface area contributed by atoms with Crippen molar-refractivity contribution in [3.05, 3.63) is 83.4 Å². The average molecular weight is 433 g/mol. The second-order valence-electron chi connectivity index (χ2n) is 8.79. The Kier molecular flexibility index (Phi) is 6.61. The molecule has 6 nitrogen and oxygen atoms in total. The van der Waals surface area contributed by atoms with Crippen LogP contribution in [0, 0.1) is 6.92 Å². The second kappa shape index (κ2) is 9.57. The van der Waals surface area contributed by atoms with E-state index in [1.54, 1.807) is 6.20 Å². The number of benzene rings is 2. The van der Waals surface area contributed by atoms with Gasteiger partial charge in [0, 0.05) is 44.1 Å². The Morgan fingerprint density at radius 2 is 1.94 bits per heavy atom. The highest BCUT2D eigenvalue weighted by Gasteiger charge is 2.29. The first-order valence-electron chi connectivity index (χ1n) is 11.2. The molecule has 2 heterocycles. The zero-order valence-corrected chi connectivity index (χ0v) is 19.4. The number of carbonyl (C=O) groups excluding carboxylic acids is 1. The highest BCUT2D eigenvalue weighted by Crippen LogP contribution is 2.27. The molecular formula is C26H32N4O2. The minimum Gasteiger partial charge on any atom is -0.491 e. The van der Waals surface area contributed by atoms with Gasteiger partial charge in [-0.1, -0.05) is 24.3 Å². The molecule has 32 heavy (non-hydrogen) atoms. The molecule has 1 amide bonds. The number of aryl methyl sites for hydroxylation is 1. The number of carbonyl (C=O) groups is 1. The molecule has 1 aliphatic heterocycles. The van der Waals surface area contributed by atoms with Crippen LogP contribution in [0.3, 0.4) is 0 Å². The van der Waals surface area contributed by atoms with Gasteiger partial charge in [0.1, 0.15) is 11.6 Å². The van der Waals surface area contributed by atoms with Gasteiger partial charge in [-0.15, -0.1) is 0 Å². The fraction of sp³-hybridized carbons (Fsp3) is 0.385. The van der Waals surface area contributed by atoms with Gasteiger partial charge < -0.3 is 14.2 Å². The molecule has 2 aromatic carbocycles. The van der Waals surface area contributed by atoms with Gasteiger partial charge in [0.15, 0.2) is 0 Å². The van der Waals surface area contributed by atoms with Crippen molar-refractivity contribution < 1.29 is 9.53 Å². The average Bonchev–Trinajstić information content (AvgIpc) is 3.18. The molecule has 1 fully saturated rings. The smallest absolute Gasteiger partial charge is 0.253 e. The van der Waals surface area contributed by atoms with Crippen LogP contribution in [-0.4, -0.2) is 58.0 Å². The zero-order chi connectivity index (χ0) is 22.7. The third-order valence-electron chi connectivity index (χ3n) is 6.02. The summed E-state index contributed by atoms with van der Waals surface area (Å²) in [6.07, 6.45) is 3.92. The molecule has 0 bridgehead atoms. The lowest BCUT2D eigenvalue weighted by Crippen LogP contribution is -2.49. The van der Waals surface area contributed by atoms with E-state index in [9.17, 15) is 4.79 Å². The van der Waals surface area contributed by atoms with E-state index in [0.29, 0.717) is 13.1 Å². The van der Waals surface area contributed by atoms with Crippen LogP contribution in [0.1, 0.15) is 47.2 Å². The molecule has 1 aromatic heterocycles. The Labute approximate surface area is 190 Å². The highest BCUT2D eigenvalue weighted by atomic mass is 16.5. The van der Waals surface area contributed by atoms with Crippen molar-refractivity contribution >= 4 is 5.91 Å². The van der Waals surface area contributed by atoms with Crippen LogP contribution in [0.2, 0.25) is 0 Å². The predicted molar refractivity (Wildman–Crippen MR) is 126 cm³/mol. The SMILES string of the molecule is Cc1nccn1Cc1cccc(C(=O)N2CCN(C)[C@@H](c3ccc(OC(C)C)cc3)C2)c1. The van der Waals surface area contributed by atoms with Gasteiger partial charge in [0.05, 0.1) is 12.1 Å². The van der Waals surface area contributed by atoms with Crippen LogP contribution in [0.25, 0.3) is 0 Å². The van der Waals surface area contributed by atoms with E-state index in [4.69, 9.17) is 4.74 Å². The first kappa shape index (κ1) is 22.1. The Morgan fingerprint density at radius 3 is 2.62 bits per heavy atom. The Hall–Kier alpha value is -3.12. The van der Waals surface area contributed by atoms with Gasteiger partial charge in [0.25, 0.3) is 5.91 Å². The lowest BCUT2D eigenvalue weighted by atomic mass is 10.0. The van der Waals surface area contributed by atoms with Crippen LogP contribution in [0.4, 0.5) is 0 Å². The zero-order valence-electron chi connectivity index (χ0n) is 19.4. The first-order chi connectivity index (χ1) is 15.4. The van der Waals surface area contributed by atoms with E-state index < -0.39 is 0 Å². The van der Waals surface area contributed by atoms with E-state index in [0.717, 1.165) is 35.8 Å². The molecule has 1 atom stereocenters. The summed E-state index contributed by atoms with van der Waals surface area (Å²) < 4.78 is 7.86. The number of ether oxygens (including phenoxy) is 1. The van der Waals surface area contributed by atoms with Crippen LogP contribution >= 0.6 is 0 Å². The van der Waals surface area contributed by atoms with Gasteiger partial charge in [-0.3, -0.25) is 9.69 Å². The molecule has 0 radical (unpaired) electrons. The van der Waals surface area contributed by atoms with Gasteiger partial charge >= 0.3 is 0 Å². The third-order valence-corrected chi connectivity index (χ3v) is 6.02. The number of hydrogen-bond acceptors (Lipinski definition) is 4. The topological polar surface area (TPSA) is 50.6 Å². The quantitative estimate of drug-likeness (QED) is 0.587. The Bertz CT molecular complexity index is 1060. The van der Waals surface area contributed by atoms with Gasteiger partial charge in [0.2, 0.25) is 0 Å². The number of piperazine rings is 1. The number of rotatable bonds is 6. The molecular weight excluding hydrogens is 400 g/mol. The maximum Gasteiger partial charge on any atom is 0.253 e. The van der Waals surface area contributed by atoms with Gasteiger partial charge in [-0.2, -0.15) is 0 Å². The molecule has 168 valence electrons. The molecule has 1 aliphatic rings. The second-order valence-corrected chi connectivity index (χ2v) is 8.79. The molecule has 1 saturated heterocycles. The number of amides is 1. The summed E-state index contributed by atoms with van der Waals surface area (Å²) in [6, 6.07) is 16.4. The molecule has 6 heteroatoms. The number of likely N-dealkylation sites (N-methyl/N-ethyl adjacent to an activating group) is 1. The molecule has 0 unspecified atom stereocenters. The summed E-state index contributed by atoms with van der Waals surface area (Å²) in [5.41, 5.74) is 3.04. The predicted octanol–water partition coefficient (Wildman–Crippen LogP) is 4.16. The summed E-state index contributed by atoms with van der Waals surface area (Å²) in [4.78, 5) is 21.9. The van der Waals surface area contributed by atoms with Crippen molar-refractivity contribution in [1.82, 2.24) is 19.4 Å². The third kappa shape index (κ3) is 5.02. The molecule has 0 saturated carbocycles. The van der Waals surface area contributed by atoms with E-state index in [2.05, 4.69) is 39.7 Å². The van der Waals surface area contributed by atoms with E-state index in [1.165, 1.54) is 5.56 Å². The maximum absolute atomic E-state index is 13.3. The lowest BCUT2D eigenvalue weighted by molar-refractivity contribution is 0.0546. The largest absolute Gasteiger partial charge is 0.491 e. The van der Waals surface area contributed by atoms with Crippen molar-refractivity contribution in [1.29, 1.82) is 0 Å². The number of imidazole rings is 1. The van der Waals surface area contributed by atoms with Crippen molar-refractivity contribution in [2.45, 2.75) is 39.5 Å². The summed E-state index contributed by atoms with van der Waals surface area (Å²) in [7, 11) is 2.12. The molecule has 4 rings (SSSR count). The van der Waals surface area contributed by atoms with E-state index in [-0.39, 0.29) is 18.1 Å². The molecule has 0 N–H and O–H groups in total. The van der Waals surface area contributed by atoms with Crippen LogP contribution in [-0.2, 0) is 6.54 Å². The number of hydrogen-bond donors (Lipinski definition) is 0. The standard InChI is InChI=1S/C26H32N4O2/c1-19(2)32-24-10-8-22(9-11-24)25-18-30(15-14-28(25)4)26(31)23-7-5-6-21(16-23)17-29-13-12-27-20(29)3/h5-13,16,19,25H,14-15,17-18H2,1-4H3/t25-/m1/s1. The summed E-state index contributed by atoms with van der Waals surface area (Å²) in [5, 5.41) is 0. The number of aromatic nitrogens is 2. The molecule has 3 aromatic rings. The summed E-state index contributed by atoms with van der Waals surface area (Å²) in [6.45, 7) is 8.99. The maximum atomic E-state index is 13.3. The Morgan fingerprint density at radius 1 is 1.16 bits per heavy atom. The van der Waals surface area contributed by atoms with Gasteiger partial charge in [-0.05, 0) is 63.2 Å². The minimum absolute atomic E-state index is 0.0899. The van der Waals surface area contributed by atoms with E-state index >= 15 is 0 Å². The molecule has 0 aliphatic carbocycles. The van der Waals surface area contributed by atoms with E-state index in [1.807, 2.05) is 62.2 Å². The van der Waals surface area contributed by atoms with Crippen molar-refractivity contribution in [3.63, 3.8) is 0 Å². The highest BCUT2D eigenvalue weighted by molar-refractivity contribution is 5.94. The van der Waals surface area contributed by atoms with Crippen LogP contribution < -0.4 is 4.74 Å². The van der Waals surface area contributed by atoms with Gasteiger partial charge in [-0.25, -0.2) is 4.98 Å². The van der Waals surface area contributed by atoms with Crippen molar-refractivity contribution in [2.24, 2.45) is 0 Å².